The zero-order chi connectivity index (χ0) is 56.0. The lowest BCUT2D eigenvalue weighted by atomic mass is 10.0. The molecule has 0 amide bonds. The lowest BCUT2D eigenvalue weighted by Crippen LogP contribution is -2.24. The summed E-state index contributed by atoms with van der Waals surface area (Å²) in [4.78, 5) is 4.82. The van der Waals surface area contributed by atoms with Crippen molar-refractivity contribution >= 4 is 145 Å². The van der Waals surface area contributed by atoms with Crippen LogP contribution >= 0.6 is 0 Å². The van der Waals surface area contributed by atoms with Crippen LogP contribution < -0.4 is 20.4 Å². The van der Waals surface area contributed by atoms with Gasteiger partial charge in [0, 0.05) is 81.7 Å². The average molecular weight is 1090 g/mol. The topological polar surface area (TPSA) is 41.6 Å². The van der Waals surface area contributed by atoms with Gasteiger partial charge < -0.3 is 27.4 Å². The molecule has 18 rings (SSSR count). The van der Waals surface area contributed by atoms with E-state index in [9.17, 15) is 0 Å². The Balaban J connectivity index is 0.863. The number of para-hydroxylation sites is 6. The van der Waals surface area contributed by atoms with Crippen molar-refractivity contribution in [1.29, 1.82) is 0 Å². The summed E-state index contributed by atoms with van der Waals surface area (Å²) in [6.07, 6.45) is 2.40. The van der Waals surface area contributed by atoms with Crippen LogP contribution in [0.25, 0.3) is 133 Å². The van der Waals surface area contributed by atoms with Crippen molar-refractivity contribution in [2.24, 2.45) is 0 Å². The molecule has 12 aromatic carbocycles. The van der Waals surface area contributed by atoms with Crippen LogP contribution in [0.3, 0.4) is 0 Å². The molecule has 0 N–H and O–H groups in total. The second-order valence-corrected chi connectivity index (χ2v) is 22.4. The number of hydrogen-bond acceptors (Lipinski definition) is 4. The van der Waals surface area contributed by atoms with Crippen molar-refractivity contribution < 1.29 is 8.83 Å². The van der Waals surface area contributed by atoms with Crippen LogP contribution in [0.2, 0.25) is 0 Å². The third-order valence-corrected chi connectivity index (χ3v) is 17.9. The number of benzene rings is 12. The highest BCUT2D eigenvalue weighted by atomic mass is 16.3. The summed E-state index contributed by atoms with van der Waals surface area (Å²) >= 11 is 0. The number of rotatable bonds is 9. The summed E-state index contributed by atoms with van der Waals surface area (Å²) < 4.78 is 18.7. The molecule has 6 heterocycles. The highest BCUT2D eigenvalue weighted by molar-refractivity contribution is 6.24. The van der Waals surface area contributed by atoms with Crippen molar-refractivity contribution in [2.45, 2.75) is 6.92 Å². The molecule has 0 unspecified atom stereocenters. The van der Waals surface area contributed by atoms with E-state index in [0.29, 0.717) is 0 Å². The van der Waals surface area contributed by atoms with E-state index in [1.807, 2.05) is 12.1 Å². The molecule has 0 radical (unpaired) electrons. The van der Waals surface area contributed by atoms with E-state index in [0.717, 1.165) is 149 Å². The summed E-state index contributed by atoms with van der Waals surface area (Å²) in [6, 6.07) is 95.8. The van der Waals surface area contributed by atoms with Crippen LogP contribution in [0, 0.1) is 6.92 Å². The Bertz CT molecular complexity index is 5850. The van der Waals surface area contributed by atoms with Crippen molar-refractivity contribution in [3.05, 3.63) is 289 Å². The van der Waals surface area contributed by atoms with Gasteiger partial charge in [-0.3, -0.25) is 0 Å². The van der Waals surface area contributed by atoms with Gasteiger partial charge in [-0.2, -0.15) is 0 Å². The Kier molecular flexibility index (Phi) is 10.1. The smallest absolute Gasteiger partial charge is 0.159 e. The van der Waals surface area contributed by atoms with E-state index in [2.05, 4.69) is 286 Å². The van der Waals surface area contributed by atoms with E-state index in [-0.39, 0.29) is 0 Å². The maximum Gasteiger partial charge on any atom is 0.159 e. The maximum atomic E-state index is 6.87. The van der Waals surface area contributed by atoms with Gasteiger partial charge in [0.05, 0.1) is 50.2 Å². The molecule has 398 valence electrons. The Morgan fingerprint density at radius 2 is 0.753 bits per heavy atom. The normalized spacial score (nSPS) is 12.4. The van der Waals surface area contributed by atoms with Crippen LogP contribution in [0.5, 0.6) is 0 Å². The van der Waals surface area contributed by atoms with Gasteiger partial charge in [-0.25, -0.2) is 0 Å². The minimum absolute atomic E-state index is 0.839. The molecule has 6 nitrogen and oxygen atoms in total. The average Bonchev–Trinajstić information content (AvgIpc) is 1.68. The predicted molar refractivity (Wildman–Crippen MR) is 355 cm³/mol. The maximum absolute atomic E-state index is 6.87. The third-order valence-electron chi connectivity index (χ3n) is 17.9. The number of nitrogens with zero attached hydrogens (tertiary/aromatic N) is 4. The fraction of sp³-hybridized carbons (Fsp3) is 0.0127. The zero-order valence-electron chi connectivity index (χ0n) is 46.3. The molecular weight excluding hydrogens is 1040 g/mol. The van der Waals surface area contributed by atoms with Crippen LogP contribution in [-0.2, 0) is 0 Å². The van der Waals surface area contributed by atoms with Crippen molar-refractivity contribution in [3.8, 4) is 22.3 Å². The Labute approximate surface area is 487 Å². The summed E-state index contributed by atoms with van der Waals surface area (Å²) in [5.41, 5.74) is 21.0. The second-order valence-electron chi connectivity index (χ2n) is 22.4. The lowest BCUT2D eigenvalue weighted by molar-refractivity contribution is 0.669. The summed E-state index contributed by atoms with van der Waals surface area (Å²) in [6.45, 7) is 7.18. The molecule has 85 heavy (non-hydrogen) atoms. The minimum Gasteiger partial charge on any atom is -0.454 e. The fourth-order valence-electron chi connectivity index (χ4n) is 14.2. The number of hydrogen-bond donors (Lipinski definition) is 0. The van der Waals surface area contributed by atoms with Crippen LogP contribution in [0.1, 0.15) is 11.3 Å². The second kappa shape index (κ2) is 18.1. The molecule has 0 fully saturated rings. The van der Waals surface area contributed by atoms with Gasteiger partial charge >= 0.3 is 0 Å². The molecule has 18 aromatic rings. The van der Waals surface area contributed by atoms with E-state index < -0.39 is 0 Å². The number of aromatic nitrogens is 2. The number of furan rings is 2. The lowest BCUT2D eigenvalue weighted by Gasteiger charge is -2.27. The monoisotopic (exact) mass is 1090 g/mol. The predicted octanol–water partition coefficient (Wildman–Crippen LogP) is 20.3. The van der Waals surface area contributed by atoms with Crippen molar-refractivity contribution in [3.63, 3.8) is 0 Å². The largest absolute Gasteiger partial charge is 0.454 e. The summed E-state index contributed by atoms with van der Waals surface area (Å²) in [5.74, 6) is 0. The minimum atomic E-state index is 0.839. The van der Waals surface area contributed by atoms with Crippen LogP contribution in [0.15, 0.2) is 276 Å². The Hall–Kier alpha value is -11.3. The van der Waals surface area contributed by atoms with Gasteiger partial charge in [0.1, 0.15) is 11.2 Å². The third kappa shape index (κ3) is 6.82. The van der Waals surface area contributed by atoms with Gasteiger partial charge in [-0.05, 0) is 108 Å². The van der Waals surface area contributed by atoms with Crippen LogP contribution in [0.4, 0.5) is 34.1 Å². The van der Waals surface area contributed by atoms with E-state index in [1.165, 1.54) is 27.2 Å². The first-order valence-corrected chi connectivity index (χ1v) is 29.0. The molecule has 0 aliphatic heterocycles. The van der Waals surface area contributed by atoms with Gasteiger partial charge in [0.15, 0.2) is 11.2 Å². The first-order chi connectivity index (χ1) is 42.0. The molecule has 0 spiro atoms. The molecule has 0 aliphatic carbocycles. The Morgan fingerprint density at radius 3 is 1.31 bits per heavy atom. The van der Waals surface area contributed by atoms with Gasteiger partial charge in [-0.1, -0.05) is 201 Å². The van der Waals surface area contributed by atoms with Crippen molar-refractivity contribution in [2.75, 3.05) is 9.80 Å². The number of aryl methyl sites for hydroxylation is 1. The molecule has 6 heteroatoms. The van der Waals surface area contributed by atoms with E-state index >= 15 is 0 Å². The van der Waals surface area contributed by atoms with Gasteiger partial charge in [-0.15, -0.1) is 0 Å². The molecule has 0 saturated heterocycles. The number of anilines is 6. The fourth-order valence-corrected chi connectivity index (χ4v) is 14.2. The first kappa shape index (κ1) is 47.3. The standard InChI is InChI=1S/C79H50N4O2/c1-48-56-31-15-35-62-75-67(82(55-28-14-26-53(46-55)51-23-7-4-8-24-51)70-42-18-34-61-58-30-10-12-44-73(58)85-79(61)70)39-20-40-68(75)83(76(56)62)71(48)47-64-49(2)80-65-37-19-38-66(74(65)63-36-16-32-59(64)77(63)80)81(54-27-13-25-52(45-54)50-21-5-3-6-22-50)69-41-17-33-60-57-29-9-11-43-72(57)84-78(60)69/h3-47H,1H2,2H3/b71-47+. The number of fused-ring (bicyclic) bond motifs is 12. The van der Waals surface area contributed by atoms with Gasteiger partial charge in [0.2, 0.25) is 0 Å². The quantitative estimate of drug-likeness (QED) is 0.144. The zero-order valence-corrected chi connectivity index (χ0v) is 46.3. The van der Waals surface area contributed by atoms with E-state index in [1.54, 1.807) is 0 Å². The van der Waals surface area contributed by atoms with E-state index in [4.69, 9.17) is 15.4 Å². The summed E-state index contributed by atoms with van der Waals surface area (Å²) in [7, 11) is 0. The SMILES string of the molecule is C=c1/c(=C\c2c(C)n3c4cccc(N(c5cccc(-c6ccccc6)c5)c5cccc6c5oc5ccccc56)c4c4cccc2c43)n2c3cccc(N(c4cccc(-c5ccccc5)c4)c4cccc5c4oc4ccccc45)c3c3cccc1c32. The van der Waals surface area contributed by atoms with Crippen molar-refractivity contribution in [1.82, 2.24) is 8.80 Å². The molecular formula is C79H50N4O2. The highest BCUT2D eigenvalue weighted by Crippen LogP contribution is 2.50. The Morgan fingerprint density at radius 1 is 0.353 bits per heavy atom. The molecule has 0 bridgehead atoms. The van der Waals surface area contributed by atoms with Gasteiger partial charge in [0.25, 0.3) is 0 Å². The molecule has 0 aliphatic rings. The first-order valence-electron chi connectivity index (χ1n) is 29.0. The summed E-state index contributed by atoms with van der Waals surface area (Å²) in [5, 5.41) is 13.4. The molecule has 0 atom stereocenters. The molecule has 6 aromatic heterocycles. The molecule has 0 saturated carbocycles. The van der Waals surface area contributed by atoms with Crippen LogP contribution in [-0.4, -0.2) is 8.80 Å². The highest BCUT2D eigenvalue weighted by Gasteiger charge is 2.28.